The Morgan fingerprint density at radius 1 is 1.23 bits per heavy atom. The standard InChI is InChI=1S/C19H18FN3OS2/c1-12-21-17-8-5-14(9-16(17)18(24)22-12)10-23(2)19(25)26-11-13-3-6-15(20)7-4-13/h3-9H,10-11H2,1-2H3,(H,21,22,24). The lowest BCUT2D eigenvalue weighted by Gasteiger charge is -2.19. The number of nitrogens with zero attached hydrogens (tertiary/aromatic N) is 2. The molecule has 4 nitrogen and oxygen atoms in total. The molecule has 3 aromatic rings. The summed E-state index contributed by atoms with van der Waals surface area (Å²) in [5, 5.41) is 0.575. The first-order valence-electron chi connectivity index (χ1n) is 8.04. The summed E-state index contributed by atoms with van der Waals surface area (Å²) in [6.45, 7) is 2.36. The van der Waals surface area contributed by atoms with E-state index < -0.39 is 0 Å². The van der Waals surface area contributed by atoms with Gasteiger partial charge >= 0.3 is 0 Å². The van der Waals surface area contributed by atoms with Gasteiger partial charge in [-0.3, -0.25) is 4.79 Å². The first kappa shape index (κ1) is 18.5. The van der Waals surface area contributed by atoms with Crippen LogP contribution in [0.5, 0.6) is 0 Å². The Hall–Kier alpha value is -2.25. The van der Waals surface area contributed by atoms with Crippen LogP contribution in [0.3, 0.4) is 0 Å². The molecular weight excluding hydrogens is 369 g/mol. The molecule has 0 atom stereocenters. The quantitative estimate of drug-likeness (QED) is 0.685. The number of nitrogens with one attached hydrogen (secondary N) is 1. The summed E-state index contributed by atoms with van der Waals surface area (Å²) in [5.74, 6) is 1.05. The Morgan fingerprint density at radius 3 is 2.65 bits per heavy atom. The highest BCUT2D eigenvalue weighted by molar-refractivity contribution is 8.22. The van der Waals surface area contributed by atoms with E-state index in [-0.39, 0.29) is 11.4 Å². The van der Waals surface area contributed by atoms with Crippen molar-refractivity contribution in [2.24, 2.45) is 0 Å². The van der Waals surface area contributed by atoms with Crippen LogP contribution in [0.4, 0.5) is 4.39 Å². The number of thiocarbonyl (C=S) groups is 1. The molecule has 0 bridgehead atoms. The number of hydrogen-bond donors (Lipinski definition) is 1. The van der Waals surface area contributed by atoms with Gasteiger partial charge in [0.2, 0.25) is 0 Å². The molecule has 1 heterocycles. The number of thioether (sulfide) groups is 1. The van der Waals surface area contributed by atoms with Crippen molar-refractivity contribution in [3.8, 4) is 0 Å². The van der Waals surface area contributed by atoms with Crippen molar-refractivity contribution < 1.29 is 4.39 Å². The van der Waals surface area contributed by atoms with Crippen LogP contribution in [0, 0.1) is 12.7 Å². The van der Waals surface area contributed by atoms with Gasteiger partial charge in [-0.25, -0.2) is 9.37 Å². The van der Waals surface area contributed by atoms with Crippen molar-refractivity contribution in [3.63, 3.8) is 0 Å². The van der Waals surface area contributed by atoms with E-state index in [1.165, 1.54) is 23.9 Å². The van der Waals surface area contributed by atoms with Crippen molar-refractivity contribution in [1.29, 1.82) is 0 Å². The highest BCUT2D eigenvalue weighted by atomic mass is 32.2. The van der Waals surface area contributed by atoms with Gasteiger partial charge in [0.15, 0.2) is 0 Å². The van der Waals surface area contributed by atoms with Crippen molar-refractivity contribution in [2.75, 3.05) is 7.05 Å². The second-order valence-electron chi connectivity index (χ2n) is 6.04. The second kappa shape index (κ2) is 7.97. The molecule has 0 amide bonds. The van der Waals surface area contributed by atoms with Crippen LogP contribution in [0.25, 0.3) is 10.9 Å². The Morgan fingerprint density at radius 2 is 1.92 bits per heavy atom. The van der Waals surface area contributed by atoms with Crippen LogP contribution in [-0.4, -0.2) is 26.2 Å². The third-order valence-electron chi connectivity index (χ3n) is 3.90. The molecule has 0 saturated carbocycles. The van der Waals surface area contributed by atoms with Gasteiger partial charge in [-0.05, 0) is 42.3 Å². The number of aryl methyl sites for hydroxylation is 1. The van der Waals surface area contributed by atoms with Gasteiger partial charge in [-0.15, -0.1) is 0 Å². The predicted octanol–water partition coefficient (Wildman–Crippen LogP) is 4.02. The highest BCUT2D eigenvalue weighted by Crippen LogP contribution is 2.19. The minimum atomic E-state index is -0.241. The molecule has 0 radical (unpaired) electrons. The molecule has 0 fully saturated rings. The number of hydrogen-bond acceptors (Lipinski definition) is 4. The maximum atomic E-state index is 12.9. The summed E-state index contributed by atoms with van der Waals surface area (Å²) in [6.07, 6.45) is 0. The summed E-state index contributed by atoms with van der Waals surface area (Å²) in [7, 11) is 1.92. The average Bonchev–Trinajstić information content (AvgIpc) is 2.61. The first-order chi connectivity index (χ1) is 12.4. The lowest BCUT2D eigenvalue weighted by atomic mass is 10.1. The molecule has 3 rings (SSSR count). The molecule has 1 aromatic heterocycles. The number of aromatic amines is 1. The summed E-state index contributed by atoms with van der Waals surface area (Å²) in [6, 6.07) is 12.1. The van der Waals surface area contributed by atoms with Crippen LogP contribution in [0.1, 0.15) is 17.0 Å². The summed E-state index contributed by atoms with van der Waals surface area (Å²) in [4.78, 5) is 21.1. The SMILES string of the molecule is Cc1nc2ccc(CN(C)C(=S)SCc3ccc(F)cc3)cc2c(=O)[nH]1. The fraction of sp³-hybridized carbons (Fsp3) is 0.211. The van der Waals surface area contributed by atoms with E-state index in [4.69, 9.17) is 12.2 Å². The fourth-order valence-corrected chi connectivity index (χ4v) is 3.58. The maximum absolute atomic E-state index is 12.9. The molecule has 0 saturated heterocycles. The van der Waals surface area contributed by atoms with Crippen LogP contribution in [-0.2, 0) is 12.3 Å². The van der Waals surface area contributed by atoms with E-state index in [2.05, 4.69) is 9.97 Å². The highest BCUT2D eigenvalue weighted by Gasteiger charge is 2.09. The van der Waals surface area contributed by atoms with Crippen LogP contribution in [0.15, 0.2) is 47.3 Å². The predicted molar refractivity (Wildman–Crippen MR) is 109 cm³/mol. The number of benzene rings is 2. The second-order valence-corrected chi connectivity index (χ2v) is 7.65. The monoisotopic (exact) mass is 387 g/mol. The zero-order valence-electron chi connectivity index (χ0n) is 14.5. The van der Waals surface area contributed by atoms with E-state index in [9.17, 15) is 9.18 Å². The number of rotatable bonds is 4. The number of aromatic nitrogens is 2. The minimum absolute atomic E-state index is 0.134. The molecule has 2 aromatic carbocycles. The third kappa shape index (κ3) is 4.47. The topological polar surface area (TPSA) is 49.0 Å². The van der Waals surface area contributed by atoms with E-state index in [1.54, 1.807) is 19.1 Å². The van der Waals surface area contributed by atoms with Crippen LogP contribution in [0.2, 0.25) is 0 Å². The molecule has 0 aliphatic rings. The van der Waals surface area contributed by atoms with Gasteiger partial charge in [0.1, 0.15) is 16.0 Å². The lowest BCUT2D eigenvalue weighted by Crippen LogP contribution is -2.22. The molecule has 26 heavy (non-hydrogen) atoms. The zero-order valence-corrected chi connectivity index (χ0v) is 16.1. The Bertz CT molecular complexity index is 1000. The number of fused-ring (bicyclic) bond motifs is 1. The van der Waals surface area contributed by atoms with Gasteiger partial charge < -0.3 is 9.88 Å². The first-order valence-corrected chi connectivity index (χ1v) is 9.43. The minimum Gasteiger partial charge on any atom is -0.356 e. The van der Waals surface area contributed by atoms with Crippen molar-refractivity contribution in [2.45, 2.75) is 19.2 Å². The van der Waals surface area contributed by atoms with E-state index in [0.717, 1.165) is 15.4 Å². The average molecular weight is 388 g/mol. The number of H-pyrrole nitrogens is 1. The summed E-state index contributed by atoms with van der Waals surface area (Å²) < 4.78 is 13.7. The van der Waals surface area contributed by atoms with E-state index in [1.807, 2.05) is 30.1 Å². The van der Waals surface area contributed by atoms with Crippen LogP contribution >= 0.6 is 24.0 Å². The summed E-state index contributed by atoms with van der Waals surface area (Å²) in [5.41, 5.74) is 2.56. The number of halogens is 1. The van der Waals surface area contributed by atoms with Gasteiger partial charge in [0.05, 0.1) is 10.9 Å². The van der Waals surface area contributed by atoms with Crippen molar-refractivity contribution in [3.05, 3.63) is 75.6 Å². The molecule has 0 aliphatic carbocycles. The Labute approximate surface area is 160 Å². The van der Waals surface area contributed by atoms with Crippen molar-refractivity contribution in [1.82, 2.24) is 14.9 Å². The van der Waals surface area contributed by atoms with E-state index >= 15 is 0 Å². The lowest BCUT2D eigenvalue weighted by molar-refractivity contribution is 0.519. The van der Waals surface area contributed by atoms with Gasteiger partial charge in [0.25, 0.3) is 5.56 Å². The Balaban J connectivity index is 1.66. The molecular formula is C19H18FN3OS2. The molecule has 7 heteroatoms. The van der Waals surface area contributed by atoms with Gasteiger partial charge in [-0.2, -0.15) is 0 Å². The fourth-order valence-electron chi connectivity index (χ4n) is 2.58. The molecule has 134 valence electrons. The normalized spacial score (nSPS) is 10.9. The third-order valence-corrected chi connectivity index (χ3v) is 5.60. The molecule has 0 spiro atoms. The smallest absolute Gasteiger partial charge is 0.258 e. The van der Waals surface area contributed by atoms with Gasteiger partial charge in [-0.1, -0.05) is 42.2 Å². The van der Waals surface area contributed by atoms with E-state index in [0.29, 0.717) is 29.0 Å². The molecule has 0 aliphatic heterocycles. The zero-order chi connectivity index (χ0) is 18.7. The van der Waals surface area contributed by atoms with Crippen LogP contribution < -0.4 is 5.56 Å². The molecule has 0 unspecified atom stereocenters. The molecule has 1 N–H and O–H groups in total. The summed E-state index contributed by atoms with van der Waals surface area (Å²) >= 11 is 7.00. The largest absolute Gasteiger partial charge is 0.356 e. The Kier molecular flexibility index (Phi) is 5.68. The van der Waals surface area contributed by atoms with Crippen molar-refractivity contribution >= 4 is 39.2 Å². The maximum Gasteiger partial charge on any atom is 0.258 e. The van der Waals surface area contributed by atoms with Gasteiger partial charge in [0, 0.05) is 19.3 Å².